The van der Waals surface area contributed by atoms with Gasteiger partial charge in [-0.15, -0.1) is 0 Å². The van der Waals surface area contributed by atoms with Gasteiger partial charge in [-0.2, -0.15) is 0 Å². The molecular formula is C16H15FO2. The highest BCUT2D eigenvalue weighted by molar-refractivity contribution is 5.40. The van der Waals surface area contributed by atoms with Crippen LogP contribution in [-0.4, -0.2) is 11.7 Å². The molecular weight excluding hydrogens is 243 g/mol. The Morgan fingerprint density at radius 1 is 1.16 bits per heavy atom. The Hall–Kier alpha value is -1.87. The van der Waals surface area contributed by atoms with Crippen molar-refractivity contribution in [2.24, 2.45) is 0 Å². The van der Waals surface area contributed by atoms with E-state index in [0.29, 0.717) is 18.1 Å². The van der Waals surface area contributed by atoms with Crippen LogP contribution in [-0.2, 0) is 13.0 Å². The molecule has 0 bridgehead atoms. The van der Waals surface area contributed by atoms with Crippen LogP contribution in [0.25, 0.3) is 0 Å². The average molecular weight is 258 g/mol. The summed E-state index contributed by atoms with van der Waals surface area (Å²) in [5.74, 6) is 0.0795. The molecule has 1 atom stereocenters. The second-order valence-corrected chi connectivity index (χ2v) is 4.80. The van der Waals surface area contributed by atoms with Gasteiger partial charge in [-0.25, -0.2) is 4.39 Å². The lowest BCUT2D eigenvalue weighted by Gasteiger charge is -2.30. The molecule has 0 heterocycles. The summed E-state index contributed by atoms with van der Waals surface area (Å²) in [6, 6.07) is 12.8. The van der Waals surface area contributed by atoms with Crippen LogP contribution in [0, 0.1) is 5.82 Å². The Morgan fingerprint density at radius 3 is 2.79 bits per heavy atom. The topological polar surface area (TPSA) is 29.5 Å². The van der Waals surface area contributed by atoms with E-state index in [4.69, 9.17) is 4.74 Å². The molecule has 1 N–H and O–H groups in total. The molecule has 1 aliphatic rings. The molecule has 1 aliphatic carbocycles. The van der Waals surface area contributed by atoms with Gasteiger partial charge in [-0.1, -0.05) is 36.4 Å². The summed E-state index contributed by atoms with van der Waals surface area (Å²) in [6.45, 7) is 0.235. The van der Waals surface area contributed by atoms with Gasteiger partial charge < -0.3 is 9.84 Å². The van der Waals surface area contributed by atoms with Gasteiger partial charge in [0.15, 0.2) is 11.6 Å². The summed E-state index contributed by atoms with van der Waals surface area (Å²) >= 11 is 0. The number of fused-ring (bicyclic) bond motifs is 1. The summed E-state index contributed by atoms with van der Waals surface area (Å²) in [6.07, 6.45) is 0.971. The molecule has 98 valence electrons. The van der Waals surface area contributed by atoms with Crippen molar-refractivity contribution in [1.82, 2.24) is 0 Å². The zero-order chi connectivity index (χ0) is 13.2. The highest BCUT2D eigenvalue weighted by Gasteiger charge is 2.26. The molecule has 0 spiro atoms. The van der Waals surface area contributed by atoms with Crippen molar-refractivity contribution in [1.29, 1.82) is 0 Å². The Labute approximate surface area is 111 Å². The second kappa shape index (κ2) is 5.02. The lowest BCUT2D eigenvalue weighted by molar-refractivity contribution is 0.240. The molecule has 2 aromatic carbocycles. The van der Waals surface area contributed by atoms with Crippen molar-refractivity contribution in [3.8, 4) is 5.75 Å². The van der Waals surface area contributed by atoms with Crippen LogP contribution in [0.2, 0.25) is 0 Å². The molecule has 1 unspecified atom stereocenters. The van der Waals surface area contributed by atoms with Gasteiger partial charge in [0, 0.05) is 11.5 Å². The Bertz CT molecular complexity index is 595. The van der Waals surface area contributed by atoms with Gasteiger partial charge in [0.2, 0.25) is 0 Å². The van der Waals surface area contributed by atoms with Crippen molar-refractivity contribution in [2.45, 2.75) is 18.9 Å². The lowest BCUT2D eigenvalue weighted by Crippen LogP contribution is -2.23. The van der Waals surface area contributed by atoms with Crippen molar-refractivity contribution in [2.75, 3.05) is 6.61 Å². The summed E-state index contributed by atoms with van der Waals surface area (Å²) in [5, 5.41) is 9.19. The number of benzene rings is 2. The molecule has 0 amide bonds. The molecule has 3 rings (SSSR count). The van der Waals surface area contributed by atoms with Crippen LogP contribution >= 0.6 is 0 Å². The maximum Gasteiger partial charge on any atom is 0.165 e. The number of hydrogen-bond acceptors (Lipinski definition) is 2. The lowest BCUT2D eigenvalue weighted by atomic mass is 9.78. The van der Waals surface area contributed by atoms with Gasteiger partial charge in [-0.3, -0.25) is 0 Å². The molecule has 2 nitrogen and oxygen atoms in total. The van der Waals surface area contributed by atoms with E-state index >= 15 is 0 Å². The van der Waals surface area contributed by atoms with E-state index in [1.54, 1.807) is 12.1 Å². The van der Waals surface area contributed by atoms with E-state index in [9.17, 15) is 9.50 Å². The van der Waals surface area contributed by atoms with Crippen molar-refractivity contribution < 1.29 is 14.2 Å². The minimum atomic E-state index is -0.417. The van der Waals surface area contributed by atoms with Crippen LogP contribution in [0.5, 0.6) is 5.75 Å². The van der Waals surface area contributed by atoms with Gasteiger partial charge in [0.1, 0.15) is 0 Å². The Balaban J connectivity index is 1.72. The predicted molar refractivity (Wildman–Crippen MR) is 70.7 cm³/mol. The summed E-state index contributed by atoms with van der Waals surface area (Å²) in [7, 11) is 0. The maximum atomic E-state index is 13.7. The van der Waals surface area contributed by atoms with Crippen LogP contribution in [0.15, 0.2) is 42.5 Å². The smallest absolute Gasteiger partial charge is 0.165 e. The number of aliphatic hydroxyl groups is 1. The first kappa shape index (κ1) is 12.2. The maximum absolute atomic E-state index is 13.7. The Morgan fingerprint density at radius 2 is 2.00 bits per heavy atom. The molecule has 0 radical (unpaired) electrons. The van der Waals surface area contributed by atoms with Crippen molar-refractivity contribution in [3.63, 3.8) is 0 Å². The number of ether oxygens (including phenoxy) is 1. The number of aliphatic hydroxyl groups excluding tert-OH is 1. The van der Waals surface area contributed by atoms with E-state index in [1.165, 1.54) is 17.2 Å². The molecule has 19 heavy (non-hydrogen) atoms. The quantitative estimate of drug-likeness (QED) is 0.913. The zero-order valence-corrected chi connectivity index (χ0v) is 10.5. The highest BCUT2D eigenvalue weighted by atomic mass is 19.1. The van der Waals surface area contributed by atoms with Crippen LogP contribution in [0.4, 0.5) is 4.39 Å². The van der Waals surface area contributed by atoms with Gasteiger partial charge in [-0.05, 0) is 23.6 Å². The minimum absolute atomic E-state index is 0.175. The number of para-hydroxylation sites is 1. The first-order valence-electron chi connectivity index (χ1n) is 6.38. The SMILES string of the molecule is OCc1cccc(F)c1OCC1Cc2ccccc21. The van der Waals surface area contributed by atoms with Gasteiger partial charge in [0.05, 0.1) is 13.2 Å². The fourth-order valence-corrected chi connectivity index (χ4v) is 2.53. The first-order valence-corrected chi connectivity index (χ1v) is 6.38. The van der Waals surface area contributed by atoms with Crippen molar-refractivity contribution >= 4 is 0 Å². The molecule has 0 fully saturated rings. The highest BCUT2D eigenvalue weighted by Crippen LogP contribution is 2.35. The van der Waals surface area contributed by atoms with Gasteiger partial charge in [0.25, 0.3) is 0 Å². The minimum Gasteiger partial charge on any atom is -0.489 e. The summed E-state index contributed by atoms with van der Waals surface area (Å²) < 4.78 is 19.3. The third kappa shape index (κ3) is 2.22. The normalized spacial score (nSPS) is 16.6. The molecule has 3 heteroatoms. The summed E-state index contributed by atoms with van der Waals surface area (Å²) in [5.41, 5.74) is 3.11. The number of halogens is 1. The monoisotopic (exact) mass is 258 g/mol. The second-order valence-electron chi connectivity index (χ2n) is 4.80. The first-order chi connectivity index (χ1) is 9.29. The average Bonchev–Trinajstić information content (AvgIpc) is 2.41. The number of hydrogen-bond donors (Lipinski definition) is 1. The fourth-order valence-electron chi connectivity index (χ4n) is 2.53. The molecule has 0 aliphatic heterocycles. The standard InChI is InChI=1S/C16H15FO2/c17-15-7-3-5-12(9-18)16(15)19-10-13-8-11-4-1-2-6-14(11)13/h1-7,13,18H,8-10H2. The van der Waals surface area contributed by atoms with E-state index < -0.39 is 5.82 Å². The molecule has 2 aromatic rings. The van der Waals surface area contributed by atoms with Crippen LogP contribution in [0.1, 0.15) is 22.6 Å². The van der Waals surface area contributed by atoms with Crippen LogP contribution in [0.3, 0.4) is 0 Å². The van der Waals surface area contributed by atoms with E-state index in [-0.39, 0.29) is 12.4 Å². The van der Waals surface area contributed by atoms with E-state index in [1.807, 2.05) is 12.1 Å². The third-order valence-electron chi connectivity index (χ3n) is 3.61. The molecule has 0 saturated heterocycles. The molecule has 0 saturated carbocycles. The van der Waals surface area contributed by atoms with Gasteiger partial charge >= 0.3 is 0 Å². The molecule has 0 aromatic heterocycles. The summed E-state index contributed by atoms with van der Waals surface area (Å²) in [4.78, 5) is 0. The Kier molecular flexibility index (Phi) is 3.22. The van der Waals surface area contributed by atoms with E-state index in [2.05, 4.69) is 12.1 Å². The number of rotatable bonds is 4. The van der Waals surface area contributed by atoms with E-state index in [0.717, 1.165) is 6.42 Å². The van der Waals surface area contributed by atoms with Crippen LogP contribution < -0.4 is 4.74 Å². The van der Waals surface area contributed by atoms with Crippen molar-refractivity contribution in [3.05, 3.63) is 65.0 Å². The predicted octanol–water partition coefficient (Wildman–Crippen LogP) is 3.04. The third-order valence-corrected chi connectivity index (χ3v) is 3.61. The zero-order valence-electron chi connectivity index (χ0n) is 10.5. The largest absolute Gasteiger partial charge is 0.489 e. The fraction of sp³-hybridized carbons (Fsp3) is 0.250.